The molecule has 16 heavy (non-hydrogen) atoms. The first-order valence-electron chi connectivity index (χ1n) is 5.64. The number of aromatic nitrogens is 1. The van der Waals surface area contributed by atoms with Gasteiger partial charge in [-0.05, 0) is 18.9 Å². The Morgan fingerprint density at radius 1 is 1.38 bits per heavy atom. The Labute approximate surface area is 94.3 Å². The normalized spacial score (nSPS) is 16.9. The van der Waals surface area contributed by atoms with Crippen LogP contribution in [0, 0.1) is 11.3 Å². The Hall–Kier alpha value is -1.76. The number of pyridine rings is 1. The van der Waals surface area contributed by atoms with Gasteiger partial charge in [0.2, 0.25) is 0 Å². The largest absolute Gasteiger partial charge is 0.398 e. The molecule has 0 atom stereocenters. The predicted octanol–water partition coefficient (Wildman–Crippen LogP) is 1.81. The summed E-state index contributed by atoms with van der Waals surface area (Å²) in [6, 6.07) is 3.57. The predicted molar refractivity (Wildman–Crippen MR) is 62.0 cm³/mol. The summed E-state index contributed by atoms with van der Waals surface area (Å²) in [5.74, 6) is 0. The van der Waals surface area contributed by atoms with Crippen molar-refractivity contribution in [3.8, 4) is 6.07 Å². The summed E-state index contributed by atoms with van der Waals surface area (Å²) in [6.07, 6.45) is 7.21. The van der Waals surface area contributed by atoms with Gasteiger partial charge in [-0.2, -0.15) is 5.26 Å². The molecule has 0 unspecified atom stereocenters. The maximum absolute atomic E-state index is 11.9. The summed E-state index contributed by atoms with van der Waals surface area (Å²) in [5, 5.41) is 8.85. The molecule has 0 bridgehead atoms. The summed E-state index contributed by atoms with van der Waals surface area (Å²) < 4.78 is 1.65. The molecule has 0 aliphatic heterocycles. The van der Waals surface area contributed by atoms with Crippen LogP contribution in [0.5, 0.6) is 0 Å². The average molecular weight is 217 g/mol. The van der Waals surface area contributed by atoms with E-state index in [2.05, 4.69) is 0 Å². The van der Waals surface area contributed by atoms with E-state index in [1.165, 1.54) is 12.5 Å². The second-order valence-electron chi connectivity index (χ2n) is 4.30. The third-order valence-electron chi connectivity index (χ3n) is 3.15. The molecule has 1 aliphatic carbocycles. The Kier molecular flexibility index (Phi) is 2.95. The van der Waals surface area contributed by atoms with E-state index in [1.807, 2.05) is 6.07 Å². The lowest BCUT2D eigenvalue weighted by Crippen LogP contribution is -2.28. The van der Waals surface area contributed by atoms with Crippen molar-refractivity contribution in [2.24, 2.45) is 0 Å². The van der Waals surface area contributed by atoms with Gasteiger partial charge in [0.25, 0.3) is 5.56 Å². The average Bonchev–Trinajstić information content (AvgIpc) is 2.33. The molecule has 0 aromatic carbocycles. The van der Waals surface area contributed by atoms with Gasteiger partial charge < -0.3 is 10.3 Å². The van der Waals surface area contributed by atoms with Gasteiger partial charge in [0.05, 0.1) is 0 Å². The van der Waals surface area contributed by atoms with E-state index in [-0.39, 0.29) is 17.2 Å². The van der Waals surface area contributed by atoms with Crippen molar-refractivity contribution >= 4 is 5.69 Å². The molecule has 1 saturated carbocycles. The standard InChI is InChI=1S/C12H15N3O/c13-7-9-6-10(14)8-15(12(9)16)11-4-2-1-3-5-11/h6,8,11H,1-5,14H2. The van der Waals surface area contributed by atoms with Gasteiger partial charge in [-0.25, -0.2) is 0 Å². The van der Waals surface area contributed by atoms with Gasteiger partial charge in [-0.3, -0.25) is 4.79 Å². The molecule has 1 heterocycles. The van der Waals surface area contributed by atoms with Crippen LogP contribution in [0.3, 0.4) is 0 Å². The van der Waals surface area contributed by atoms with Crippen LogP contribution in [-0.2, 0) is 0 Å². The van der Waals surface area contributed by atoms with E-state index in [0.717, 1.165) is 25.7 Å². The summed E-state index contributed by atoms with van der Waals surface area (Å²) in [4.78, 5) is 11.9. The first kappa shape index (κ1) is 10.7. The lowest BCUT2D eigenvalue weighted by atomic mass is 9.95. The Morgan fingerprint density at radius 3 is 2.69 bits per heavy atom. The van der Waals surface area contributed by atoms with Crippen LogP contribution >= 0.6 is 0 Å². The molecule has 1 aliphatic rings. The summed E-state index contributed by atoms with van der Waals surface area (Å²) in [5.41, 5.74) is 6.13. The first-order valence-corrected chi connectivity index (χ1v) is 5.64. The van der Waals surface area contributed by atoms with E-state index in [0.29, 0.717) is 5.69 Å². The highest BCUT2D eigenvalue weighted by Gasteiger charge is 2.17. The van der Waals surface area contributed by atoms with Crippen LogP contribution in [0.2, 0.25) is 0 Å². The van der Waals surface area contributed by atoms with Crippen LogP contribution in [0.4, 0.5) is 5.69 Å². The fourth-order valence-corrected chi connectivity index (χ4v) is 2.33. The fourth-order valence-electron chi connectivity index (χ4n) is 2.33. The van der Waals surface area contributed by atoms with Crippen LogP contribution in [0.15, 0.2) is 17.1 Å². The number of nitrogens with zero attached hydrogens (tertiary/aromatic N) is 2. The third kappa shape index (κ3) is 1.94. The second-order valence-corrected chi connectivity index (χ2v) is 4.30. The molecule has 0 saturated heterocycles. The SMILES string of the molecule is N#Cc1cc(N)cn(C2CCCCC2)c1=O. The van der Waals surface area contributed by atoms with Crippen molar-refractivity contribution in [3.63, 3.8) is 0 Å². The highest BCUT2D eigenvalue weighted by molar-refractivity contribution is 5.42. The van der Waals surface area contributed by atoms with Crippen molar-refractivity contribution in [2.45, 2.75) is 38.1 Å². The van der Waals surface area contributed by atoms with Crippen molar-refractivity contribution in [2.75, 3.05) is 5.73 Å². The molecule has 1 aromatic heterocycles. The Bertz CT molecular complexity index is 478. The maximum atomic E-state index is 11.9. The molecule has 4 nitrogen and oxygen atoms in total. The van der Waals surface area contributed by atoms with E-state index in [4.69, 9.17) is 11.0 Å². The number of nitrogen functional groups attached to an aromatic ring is 1. The third-order valence-corrected chi connectivity index (χ3v) is 3.15. The monoisotopic (exact) mass is 217 g/mol. The highest BCUT2D eigenvalue weighted by atomic mass is 16.1. The van der Waals surface area contributed by atoms with Gasteiger partial charge >= 0.3 is 0 Å². The zero-order valence-electron chi connectivity index (χ0n) is 9.15. The molecule has 0 amide bonds. The van der Waals surface area contributed by atoms with Crippen molar-refractivity contribution in [1.29, 1.82) is 5.26 Å². The van der Waals surface area contributed by atoms with Gasteiger partial charge in [0.1, 0.15) is 11.6 Å². The van der Waals surface area contributed by atoms with E-state index >= 15 is 0 Å². The summed E-state index contributed by atoms with van der Waals surface area (Å²) in [6.45, 7) is 0. The van der Waals surface area contributed by atoms with Crippen molar-refractivity contribution in [1.82, 2.24) is 4.57 Å². The van der Waals surface area contributed by atoms with Gasteiger partial charge in [-0.1, -0.05) is 19.3 Å². The zero-order valence-corrected chi connectivity index (χ0v) is 9.15. The zero-order chi connectivity index (χ0) is 11.5. The molecule has 0 radical (unpaired) electrons. The topological polar surface area (TPSA) is 71.8 Å². The molecule has 2 rings (SSSR count). The Balaban J connectivity index is 2.44. The molecule has 84 valence electrons. The number of nitriles is 1. The number of rotatable bonds is 1. The van der Waals surface area contributed by atoms with E-state index in [9.17, 15) is 4.79 Å². The van der Waals surface area contributed by atoms with E-state index in [1.54, 1.807) is 10.8 Å². The fraction of sp³-hybridized carbons (Fsp3) is 0.500. The van der Waals surface area contributed by atoms with Crippen LogP contribution < -0.4 is 11.3 Å². The summed E-state index contributed by atoms with van der Waals surface area (Å²) >= 11 is 0. The quantitative estimate of drug-likeness (QED) is 0.779. The molecule has 1 aromatic rings. The number of anilines is 1. The number of nitrogens with two attached hydrogens (primary N) is 1. The molecule has 4 heteroatoms. The van der Waals surface area contributed by atoms with Gasteiger partial charge in [-0.15, -0.1) is 0 Å². The van der Waals surface area contributed by atoms with Crippen LogP contribution in [0.1, 0.15) is 43.7 Å². The second kappa shape index (κ2) is 4.40. The smallest absolute Gasteiger partial charge is 0.268 e. The first-order chi connectivity index (χ1) is 7.72. The minimum atomic E-state index is -0.205. The number of hydrogen-bond acceptors (Lipinski definition) is 3. The molecule has 2 N–H and O–H groups in total. The van der Waals surface area contributed by atoms with Crippen LogP contribution in [0.25, 0.3) is 0 Å². The lowest BCUT2D eigenvalue weighted by molar-refractivity contribution is 0.346. The van der Waals surface area contributed by atoms with Crippen LogP contribution in [-0.4, -0.2) is 4.57 Å². The minimum Gasteiger partial charge on any atom is -0.398 e. The Morgan fingerprint density at radius 2 is 2.06 bits per heavy atom. The maximum Gasteiger partial charge on any atom is 0.268 e. The number of hydrogen-bond donors (Lipinski definition) is 1. The van der Waals surface area contributed by atoms with E-state index < -0.39 is 0 Å². The highest BCUT2D eigenvalue weighted by Crippen LogP contribution is 2.27. The summed E-state index contributed by atoms with van der Waals surface area (Å²) in [7, 11) is 0. The minimum absolute atomic E-state index is 0.144. The van der Waals surface area contributed by atoms with Gasteiger partial charge in [0.15, 0.2) is 0 Å². The molecular formula is C12H15N3O. The van der Waals surface area contributed by atoms with Crippen molar-refractivity contribution in [3.05, 3.63) is 28.2 Å². The lowest BCUT2D eigenvalue weighted by Gasteiger charge is -2.24. The van der Waals surface area contributed by atoms with Gasteiger partial charge in [0, 0.05) is 17.9 Å². The molecule has 0 spiro atoms. The van der Waals surface area contributed by atoms with Crippen molar-refractivity contribution < 1.29 is 0 Å². The molecular weight excluding hydrogens is 202 g/mol. The molecule has 1 fully saturated rings.